The number of imide groups is 1. The van der Waals surface area contributed by atoms with E-state index >= 15 is 4.39 Å². The maximum atomic E-state index is 15.8. The summed E-state index contributed by atoms with van der Waals surface area (Å²) in [6.45, 7) is 4.68. The average molecular weight is 445 g/mol. The van der Waals surface area contributed by atoms with E-state index in [-0.39, 0.29) is 6.61 Å². The van der Waals surface area contributed by atoms with E-state index < -0.39 is 53.9 Å². The second-order valence-corrected chi connectivity index (χ2v) is 8.74. The lowest BCUT2D eigenvalue weighted by Crippen LogP contribution is -2.47. The largest absolute Gasteiger partial charge is 0.459 e. The number of carbonyl (C=O) groups is 3. The highest BCUT2D eigenvalue weighted by atomic mass is 19.1. The van der Waals surface area contributed by atoms with Crippen LogP contribution in [0.15, 0.2) is 54.6 Å². The smallest absolute Gasteiger partial charge is 0.417 e. The second-order valence-electron chi connectivity index (χ2n) is 8.74. The van der Waals surface area contributed by atoms with E-state index in [1.54, 1.807) is 51.1 Å². The van der Waals surface area contributed by atoms with Crippen molar-refractivity contribution in [2.24, 2.45) is 0 Å². The van der Waals surface area contributed by atoms with Crippen LogP contribution in [-0.2, 0) is 32.1 Å². The normalized spacial score (nSPS) is 20.8. The minimum absolute atomic E-state index is 0.0935. The molecule has 1 aliphatic rings. The van der Waals surface area contributed by atoms with Gasteiger partial charge in [-0.25, -0.2) is 23.3 Å². The number of hydrogen-bond donors (Lipinski definition) is 0. The SMILES string of the molecule is CC(C)(C)OC(=O)N1C(=O)[C@@](F)(Cc2ccc(F)cc2)C[C@@H]1C(=O)OCc1ccccc1. The van der Waals surface area contributed by atoms with Gasteiger partial charge < -0.3 is 9.47 Å². The number of alkyl halides is 1. The number of hydrogen-bond acceptors (Lipinski definition) is 5. The predicted molar refractivity (Wildman–Crippen MR) is 112 cm³/mol. The van der Waals surface area contributed by atoms with Gasteiger partial charge in [0.1, 0.15) is 24.1 Å². The van der Waals surface area contributed by atoms with Crippen molar-refractivity contribution < 1.29 is 32.6 Å². The molecule has 0 spiro atoms. The van der Waals surface area contributed by atoms with Crippen molar-refractivity contribution >= 4 is 18.0 Å². The Balaban J connectivity index is 1.84. The number of amides is 2. The average Bonchev–Trinajstić information content (AvgIpc) is 2.98. The molecule has 0 aliphatic carbocycles. The standard InChI is InChI=1S/C24H25F2NO5/c1-23(2,3)32-22(30)27-19(20(28)31-15-17-7-5-4-6-8-17)14-24(26,21(27)29)13-16-9-11-18(25)12-10-16/h4-12,19H,13-15H2,1-3H3/t19-,24-/m1/s1. The van der Waals surface area contributed by atoms with E-state index in [1.807, 2.05) is 0 Å². The number of benzene rings is 2. The van der Waals surface area contributed by atoms with Gasteiger partial charge in [-0.3, -0.25) is 4.79 Å². The first-order valence-electron chi connectivity index (χ1n) is 10.2. The third kappa shape index (κ3) is 5.49. The third-order valence-electron chi connectivity index (χ3n) is 4.91. The molecular weight excluding hydrogens is 420 g/mol. The quantitative estimate of drug-likeness (QED) is 0.640. The molecule has 0 unspecified atom stereocenters. The molecule has 0 radical (unpaired) electrons. The van der Waals surface area contributed by atoms with E-state index in [0.717, 1.165) is 12.1 Å². The van der Waals surface area contributed by atoms with Gasteiger partial charge >= 0.3 is 12.1 Å². The summed E-state index contributed by atoms with van der Waals surface area (Å²) in [6, 6.07) is 12.3. The van der Waals surface area contributed by atoms with Crippen molar-refractivity contribution in [2.45, 2.75) is 57.5 Å². The third-order valence-corrected chi connectivity index (χ3v) is 4.91. The number of rotatable bonds is 5. The van der Waals surface area contributed by atoms with Gasteiger partial charge in [0.05, 0.1) is 0 Å². The van der Waals surface area contributed by atoms with Crippen molar-refractivity contribution in [1.82, 2.24) is 4.90 Å². The van der Waals surface area contributed by atoms with Crippen LogP contribution in [0.3, 0.4) is 0 Å². The molecule has 1 saturated heterocycles. The predicted octanol–water partition coefficient (Wildman–Crippen LogP) is 4.36. The van der Waals surface area contributed by atoms with Crippen LogP contribution < -0.4 is 0 Å². The Morgan fingerprint density at radius 1 is 1.06 bits per heavy atom. The zero-order valence-corrected chi connectivity index (χ0v) is 18.1. The molecule has 6 nitrogen and oxygen atoms in total. The molecule has 0 aromatic heterocycles. The summed E-state index contributed by atoms with van der Waals surface area (Å²) in [5, 5.41) is 0. The molecule has 2 amide bonds. The zero-order valence-electron chi connectivity index (χ0n) is 18.1. The highest BCUT2D eigenvalue weighted by molar-refractivity contribution is 6.04. The number of halogens is 2. The fraction of sp³-hybridized carbons (Fsp3) is 0.375. The minimum atomic E-state index is -2.55. The van der Waals surface area contributed by atoms with Crippen LogP contribution in [0.2, 0.25) is 0 Å². The van der Waals surface area contributed by atoms with Crippen molar-refractivity contribution in [3.63, 3.8) is 0 Å². The summed E-state index contributed by atoms with van der Waals surface area (Å²) in [4.78, 5) is 39.0. The summed E-state index contributed by atoms with van der Waals surface area (Å²) in [6.07, 6.45) is -2.13. The molecule has 2 aromatic carbocycles. The van der Waals surface area contributed by atoms with Crippen LogP contribution in [-0.4, -0.2) is 40.2 Å². The van der Waals surface area contributed by atoms with Gasteiger partial charge in [0.25, 0.3) is 5.91 Å². The summed E-state index contributed by atoms with van der Waals surface area (Å²) in [7, 11) is 0. The Morgan fingerprint density at radius 2 is 1.69 bits per heavy atom. The number of ether oxygens (including phenoxy) is 2. The van der Waals surface area contributed by atoms with Gasteiger partial charge in [-0.2, -0.15) is 0 Å². The Labute approximate surface area is 185 Å². The van der Waals surface area contributed by atoms with Gasteiger partial charge in [-0.15, -0.1) is 0 Å². The fourth-order valence-electron chi connectivity index (χ4n) is 3.45. The first-order chi connectivity index (χ1) is 15.0. The number of likely N-dealkylation sites (tertiary alicyclic amines) is 1. The summed E-state index contributed by atoms with van der Waals surface area (Å²) in [5.74, 6) is -2.60. The van der Waals surface area contributed by atoms with Crippen LogP contribution in [0.25, 0.3) is 0 Å². The molecule has 3 rings (SSSR count). The molecular formula is C24H25F2NO5. The van der Waals surface area contributed by atoms with Gasteiger partial charge in [0.2, 0.25) is 0 Å². The lowest BCUT2D eigenvalue weighted by atomic mass is 9.93. The van der Waals surface area contributed by atoms with Crippen LogP contribution >= 0.6 is 0 Å². The van der Waals surface area contributed by atoms with Crippen molar-refractivity contribution in [3.8, 4) is 0 Å². The van der Waals surface area contributed by atoms with E-state index in [2.05, 4.69) is 0 Å². The van der Waals surface area contributed by atoms with Crippen LogP contribution in [0, 0.1) is 5.82 Å². The minimum Gasteiger partial charge on any atom is -0.459 e. The molecule has 170 valence electrons. The molecule has 0 bridgehead atoms. The van der Waals surface area contributed by atoms with Gasteiger partial charge in [-0.1, -0.05) is 42.5 Å². The number of nitrogens with zero attached hydrogens (tertiary/aromatic N) is 1. The maximum absolute atomic E-state index is 15.8. The van der Waals surface area contributed by atoms with E-state index in [9.17, 15) is 18.8 Å². The topological polar surface area (TPSA) is 72.9 Å². The van der Waals surface area contributed by atoms with Crippen LogP contribution in [0.1, 0.15) is 38.3 Å². The Hall–Kier alpha value is -3.29. The molecule has 32 heavy (non-hydrogen) atoms. The molecule has 1 fully saturated rings. The first-order valence-corrected chi connectivity index (χ1v) is 10.2. The lowest BCUT2D eigenvalue weighted by molar-refractivity contribution is -0.152. The van der Waals surface area contributed by atoms with Crippen LogP contribution in [0.4, 0.5) is 13.6 Å². The highest BCUT2D eigenvalue weighted by Crippen LogP contribution is 2.37. The molecule has 1 heterocycles. The van der Waals surface area contributed by atoms with Crippen molar-refractivity contribution in [3.05, 3.63) is 71.5 Å². The molecule has 0 N–H and O–H groups in total. The molecule has 0 saturated carbocycles. The van der Waals surface area contributed by atoms with Gasteiger partial charge in [0.15, 0.2) is 5.67 Å². The molecule has 2 aromatic rings. The Kier molecular flexibility index (Phi) is 6.62. The van der Waals surface area contributed by atoms with Crippen molar-refractivity contribution in [1.29, 1.82) is 0 Å². The first kappa shape index (κ1) is 23.4. The van der Waals surface area contributed by atoms with E-state index in [1.165, 1.54) is 12.1 Å². The molecule has 1 aliphatic heterocycles. The van der Waals surface area contributed by atoms with E-state index in [4.69, 9.17) is 9.47 Å². The van der Waals surface area contributed by atoms with Crippen LogP contribution in [0.5, 0.6) is 0 Å². The molecule has 8 heteroatoms. The summed E-state index contributed by atoms with van der Waals surface area (Å²) < 4.78 is 39.5. The highest BCUT2D eigenvalue weighted by Gasteiger charge is 2.58. The summed E-state index contributed by atoms with van der Waals surface area (Å²) in [5.41, 5.74) is -2.46. The van der Waals surface area contributed by atoms with Crippen molar-refractivity contribution in [2.75, 3.05) is 0 Å². The van der Waals surface area contributed by atoms with Gasteiger partial charge in [0, 0.05) is 12.8 Å². The lowest BCUT2D eigenvalue weighted by Gasteiger charge is -2.26. The number of esters is 1. The van der Waals surface area contributed by atoms with Gasteiger partial charge in [-0.05, 0) is 44.0 Å². The second kappa shape index (κ2) is 9.06. The van der Waals surface area contributed by atoms with E-state index in [0.29, 0.717) is 16.0 Å². The number of carbonyl (C=O) groups excluding carboxylic acids is 3. The zero-order chi connectivity index (χ0) is 23.5. The monoisotopic (exact) mass is 445 g/mol. The molecule has 2 atom stereocenters. The summed E-state index contributed by atoms with van der Waals surface area (Å²) >= 11 is 0. The Bertz CT molecular complexity index is 988. The fourth-order valence-corrected chi connectivity index (χ4v) is 3.45. The maximum Gasteiger partial charge on any atom is 0.417 e. The Morgan fingerprint density at radius 3 is 2.28 bits per heavy atom.